The lowest BCUT2D eigenvalue weighted by atomic mass is 10.1. The molecule has 29 heavy (non-hydrogen) atoms. The zero-order valence-corrected chi connectivity index (χ0v) is 16.1. The van der Waals surface area contributed by atoms with Crippen molar-refractivity contribution in [2.45, 2.75) is 17.4 Å². The van der Waals surface area contributed by atoms with Crippen molar-refractivity contribution in [1.29, 1.82) is 0 Å². The van der Waals surface area contributed by atoms with Crippen LogP contribution in [-0.2, 0) is 21.2 Å². The Balaban J connectivity index is 1.89. The Morgan fingerprint density at radius 3 is 2.24 bits per heavy atom. The van der Waals surface area contributed by atoms with Crippen molar-refractivity contribution in [1.82, 2.24) is 4.72 Å². The van der Waals surface area contributed by atoms with Crippen LogP contribution in [0.4, 0.5) is 10.1 Å². The number of halogens is 1. The van der Waals surface area contributed by atoms with Crippen LogP contribution in [0.5, 0.6) is 5.75 Å². The molecule has 0 saturated heterocycles. The van der Waals surface area contributed by atoms with Crippen LogP contribution in [0.2, 0.25) is 0 Å². The highest BCUT2D eigenvalue weighted by atomic mass is 32.2. The molecule has 0 unspecified atom stereocenters. The summed E-state index contributed by atoms with van der Waals surface area (Å²) in [6.45, 7) is 0. The van der Waals surface area contributed by atoms with Gasteiger partial charge in [-0.05, 0) is 36.2 Å². The van der Waals surface area contributed by atoms with Crippen LogP contribution in [-0.4, -0.2) is 25.5 Å². The van der Waals surface area contributed by atoms with Gasteiger partial charge in [-0.3, -0.25) is 4.79 Å². The smallest absolute Gasteiger partial charge is 0.244 e. The molecule has 0 aromatic heterocycles. The highest BCUT2D eigenvalue weighted by molar-refractivity contribution is 7.89. The monoisotopic (exact) mass is 414 g/mol. The van der Waals surface area contributed by atoms with Crippen molar-refractivity contribution in [2.24, 2.45) is 0 Å². The van der Waals surface area contributed by atoms with E-state index in [9.17, 15) is 22.7 Å². The Labute approximate surface area is 168 Å². The number of carbonyl (C=O) groups excluding carboxylic acids is 1. The maximum atomic E-state index is 14.0. The van der Waals surface area contributed by atoms with Crippen LogP contribution >= 0.6 is 0 Å². The molecule has 1 amide bonds. The number of hydrogen-bond acceptors (Lipinski definition) is 4. The van der Waals surface area contributed by atoms with Gasteiger partial charge in [0.1, 0.15) is 22.5 Å². The normalized spacial score (nSPS) is 12.3. The summed E-state index contributed by atoms with van der Waals surface area (Å²) in [5, 5.41) is 12.4. The van der Waals surface area contributed by atoms with E-state index in [-0.39, 0.29) is 17.9 Å². The van der Waals surface area contributed by atoms with Gasteiger partial charge in [-0.1, -0.05) is 54.6 Å². The Bertz CT molecular complexity index is 1100. The lowest BCUT2D eigenvalue weighted by Crippen LogP contribution is -2.45. The molecular weight excluding hydrogens is 395 g/mol. The summed E-state index contributed by atoms with van der Waals surface area (Å²) in [6, 6.07) is 18.6. The minimum absolute atomic E-state index is 0.0357. The second kappa shape index (κ2) is 8.85. The highest BCUT2D eigenvalue weighted by Gasteiger charge is 2.28. The van der Waals surface area contributed by atoms with Gasteiger partial charge in [-0.25, -0.2) is 12.8 Å². The zero-order chi connectivity index (χ0) is 20.9. The molecule has 0 spiro atoms. The highest BCUT2D eigenvalue weighted by Crippen LogP contribution is 2.22. The van der Waals surface area contributed by atoms with E-state index >= 15 is 0 Å². The van der Waals surface area contributed by atoms with E-state index in [1.165, 1.54) is 24.3 Å². The van der Waals surface area contributed by atoms with Crippen molar-refractivity contribution in [3.8, 4) is 5.75 Å². The summed E-state index contributed by atoms with van der Waals surface area (Å²) in [5.74, 6) is -1.76. The number of hydrogen-bond donors (Lipinski definition) is 3. The number of rotatable bonds is 7. The van der Waals surface area contributed by atoms with Crippen molar-refractivity contribution < 1.29 is 22.7 Å². The first-order chi connectivity index (χ1) is 13.9. The number of sulfonamides is 1. The standard InChI is InChI=1S/C21H19FN2O4S/c22-16-10-4-7-13-20(16)29(27,28)24-18(14-15-8-2-1-3-9-15)21(26)23-17-11-5-6-12-19(17)25/h1-13,18,24-25H,14H2,(H,23,26)/t18-/m0/s1. The molecule has 6 nitrogen and oxygen atoms in total. The minimum Gasteiger partial charge on any atom is -0.506 e. The number of phenolic OH excluding ortho intramolecular Hbond substituents is 1. The van der Waals surface area contributed by atoms with E-state index in [0.717, 1.165) is 12.1 Å². The van der Waals surface area contributed by atoms with Crippen molar-refractivity contribution in [3.05, 3.63) is 90.2 Å². The van der Waals surface area contributed by atoms with Crippen LogP contribution in [0, 0.1) is 5.82 Å². The third-order valence-electron chi connectivity index (χ3n) is 4.18. The molecule has 3 aromatic carbocycles. The second-order valence-corrected chi connectivity index (χ2v) is 7.98. The summed E-state index contributed by atoms with van der Waals surface area (Å²) < 4.78 is 41.7. The predicted molar refractivity (Wildman–Crippen MR) is 107 cm³/mol. The molecule has 3 aromatic rings. The molecule has 0 radical (unpaired) electrons. The number of anilines is 1. The van der Waals surface area contributed by atoms with Gasteiger partial charge in [-0.2, -0.15) is 4.72 Å². The third-order valence-corrected chi connectivity index (χ3v) is 5.69. The van der Waals surface area contributed by atoms with Gasteiger partial charge in [0.15, 0.2) is 0 Å². The summed E-state index contributed by atoms with van der Waals surface area (Å²) >= 11 is 0. The fourth-order valence-electron chi connectivity index (χ4n) is 2.75. The van der Waals surface area contributed by atoms with Gasteiger partial charge >= 0.3 is 0 Å². The van der Waals surface area contributed by atoms with Crippen LogP contribution in [0.15, 0.2) is 83.8 Å². The van der Waals surface area contributed by atoms with Gasteiger partial charge < -0.3 is 10.4 Å². The van der Waals surface area contributed by atoms with Gasteiger partial charge in [0.2, 0.25) is 15.9 Å². The minimum atomic E-state index is -4.31. The number of carbonyl (C=O) groups is 1. The molecule has 0 aliphatic heterocycles. The Hall–Kier alpha value is -3.23. The van der Waals surface area contributed by atoms with E-state index in [1.54, 1.807) is 42.5 Å². The fraction of sp³-hybridized carbons (Fsp3) is 0.0952. The SMILES string of the molecule is O=C(Nc1ccccc1O)[C@H](Cc1ccccc1)NS(=O)(=O)c1ccccc1F. The van der Waals surface area contributed by atoms with E-state index in [0.29, 0.717) is 5.56 Å². The lowest BCUT2D eigenvalue weighted by molar-refractivity contribution is -0.117. The Morgan fingerprint density at radius 2 is 1.55 bits per heavy atom. The van der Waals surface area contributed by atoms with Crippen LogP contribution in [0.25, 0.3) is 0 Å². The predicted octanol–water partition coefficient (Wildman–Crippen LogP) is 3.06. The molecule has 0 fully saturated rings. The van der Waals surface area contributed by atoms with E-state index in [2.05, 4.69) is 10.0 Å². The van der Waals surface area contributed by atoms with Crippen LogP contribution < -0.4 is 10.0 Å². The maximum absolute atomic E-state index is 14.0. The molecule has 0 aliphatic rings. The van der Waals surface area contributed by atoms with Crippen molar-refractivity contribution in [3.63, 3.8) is 0 Å². The van der Waals surface area contributed by atoms with Gasteiger partial charge in [0.25, 0.3) is 0 Å². The number of nitrogens with one attached hydrogen (secondary N) is 2. The molecule has 150 valence electrons. The number of phenols is 1. The van der Waals surface area contributed by atoms with E-state index < -0.39 is 32.7 Å². The molecule has 0 heterocycles. The van der Waals surface area contributed by atoms with E-state index in [1.807, 2.05) is 0 Å². The number of aromatic hydroxyl groups is 1. The first-order valence-corrected chi connectivity index (χ1v) is 10.2. The molecule has 8 heteroatoms. The summed E-state index contributed by atoms with van der Waals surface area (Å²) in [4.78, 5) is 12.3. The molecule has 1 atom stereocenters. The maximum Gasteiger partial charge on any atom is 0.244 e. The number of benzene rings is 3. The number of para-hydroxylation sites is 2. The quantitative estimate of drug-likeness (QED) is 0.518. The summed E-state index contributed by atoms with van der Waals surface area (Å²) in [5.41, 5.74) is 0.849. The number of amides is 1. The second-order valence-electron chi connectivity index (χ2n) is 6.30. The molecule has 0 bridgehead atoms. The zero-order valence-electron chi connectivity index (χ0n) is 15.2. The molecular formula is C21H19FN2O4S. The average Bonchev–Trinajstić information content (AvgIpc) is 2.70. The van der Waals surface area contributed by atoms with Crippen LogP contribution in [0.1, 0.15) is 5.56 Å². The average molecular weight is 414 g/mol. The first-order valence-electron chi connectivity index (χ1n) is 8.76. The van der Waals surface area contributed by atoms with Gasteiger partial charge in [0.05, 0.1) is 5.69 Å². The Morgan fingerprint density at radius 1 is 0.931 bits per heavy atom. The van der Waals surface area contributed by atoms with Crippen molar-refractivity contribution in [2.75, 3.05) is 5.32 Å². The molecule has 3 N–H and O–H groups in total. The first kappa shape index (κ1) is 20.5. The van der Waals surface area contributed by atoms with Gasteiger partial charge in [0, 0.05) is 0 Å². The van der Waals surface area contributed by atoms with Crippen LogP contribution in [0.3, 0.4) is 0 Å². The van der Waals surface area contributed by atoms with Gasteiger partial charge in [-0.15, -0.1) is 0 Å². The largest absolute Gasteiger partial charge is 0.506 e. The lowest BCUT2D eigenvalue weighted by Gasteiger charge is -2.19. The summed E-state index contributed by atoms with van der Waals surface area (Å²) in [7, 11) is -4.31. The van der Waals surface area contributed by atoms with Crippen molar-refractivity contribution >= 4 is 21.6 Å². The fourth-order valence-corrected chi connectivity index (χ4v) is 4.02. The molecule has 0 aliphatic carbocycles. The topological polar surface area (TPSA) is 95.5 Å². The summed E-state index contributed by atoms with van der Waals surface area (Å²) in [6.07, 6.45) is 0.0357. The molecule has 3 rings (SSSR count). The Kier molecular flexibility index (Phi) is 6.26. The third kappa shape index (κ3) is 5.18. The molecule has 0 saturated carbocycles. The van der Waals surface area contributed by atoms with E-state index in [4.69, 9.17) is 0 Å².